The first kappa shape index (κ1) is 15.7. The molecule has 0 aliphatic carbocycles. The van der Waals surface area contributed by atoms with E-state index in [2.05, 4.69) is 10.4 Å². The molecule has 1 amide bonds. The average Bonchev–Trinajstić information content (AvgIpc) is 2.82. The van der Waals surface area contributed by atoms with Crippen LogP contribution in [-0.4, -0.2) is 32.9 Å². The lowest BCUT2D eigenvalue weighted by Crippen LogP contribution is -2.46. The van der Waals surface area contributed by atoms with Crippen LogP contribution in [0.4, 0.5) is 0 Å². The number of hydrogen-bond donors (Lipinski definition) is 2. The van der Waals surface area contributed by atoms with E-state index in [1.54, 1.807) is 4.68 Å². The quantitative estimate of drug-likeness (QED) is 0.791. The van der Waals surface area contributed by atoms with E-state index in [4.69, 9.17) is 5.11 Å². The zero-order chi connectivity index (χ0) is 14.5. The normalized spacial score (nSPS) is 14.2. The standard InChI is InChI=1S/C14H25N3O2/c1-5-11-10-12(17(7-3)16-11)13(19)15-14(4,6-2)8-9-18/h10,18H,5-9H2,1-4H3,(H,15,19). The minimum Gasteiger partial charge on any atom is -0.396 e. The van der Waals surface area contributed by atoms with Crippen LogP contribution in [0.1, 0.15) is 56.7 Å². The van der Waals surface area contributed by atoms with Crippen molar-refractivity contribution in [3.05, 3.63) is 17.5 Å². The molecule has 0 saturated carbocycles. The first-order valence-electron chi connectivity index (χ1n) is 6.99. The maximum atomic E-state index is 12.3. The number of aliphatic hydroxyl groups is 1. The molecule has 1 aromatic heterocycles. The molecule has 5 nitrogen and oxygen atoms in total. The maximum Gasteiger partial charge on any atom is 0.269 e. The molecule has 0 aromatic carbocycles. The molecule has 1 unspecified atom stereocenters. The summed E-state index contributed by atoms with van der Waals surface area (Å²) >= 11 is 0. The van der Waals surface area contributed by atoms with Crippen LogP contribution in [0.5, 0.6) is 0 Å². The van der Waals surface area contributed by atoms with Crippen molar-refractivity contribution >= 4 is 5.91 Å². The molecule has 1 rings (SSSR count). The molecular weight excluding hydrogens is 242 g/mol. The molecule has 5 heteroatoms. The summed E-state index contributed by atoms with van der Waals surface area (Å²) in [5.74, 6) is -0.119. The number of carbonyl (C=O) groups is 1. The number of amides is 1. The van der Waals surface area contributed by atoms with E-state index in [0.717, 1.165) is 18.5 Å². The average molecular weight is 267 g/mol. The second-order valence-electron chi connectivity index (χ2n) is 5.03. The van der Waals surface area contributed by atoms with Crippen molar-refractivity contribution in [1.82, 2.24) is 15.1 Å². The van der Waals surface area contributed by atoms with E-state index in [1.807, 2.05) is 33.8 Å². The first-order valence-corrected chi connectivity index (χ1v) is 6.99. The van der Waals surface area contributed by atoms with Gasteiger partial charge in [0, 0.05) is 18.7 Å². The summed E-state index contributed by atoms with van der Waals surface area (Å²) in [4.78, 5) is 12.3. The first-order chi connectivity index (χ1) is 8.99. The van der Waals surface area contributed by atoms with Crippen molar-refractivity contribution in [3.8, 4) is 0 Å². The van der Waals surface area contributed by atoms with Crippen LogP contribution < -0.4 is 5.32 Å². The molecule has 0 fully saturated rings. The molecule has 1 aromatic rings. The van der Waals surface area contributed by atoms with E-state index >= 15 is 0 Å². The molecule has 0 aliphatic heterocycles. The molecule has 1 atom stereocenters. The number of aliphatic hydroxyl groups excluding tert-OH is 1. The highest BCUT2D eigenvalue weighted by molar-refractivity contribution is 5.93. The molecule has 0 saturated heterocycles. The summed E-state index contributed by atoms with van der Waals surface area (Å²) in [6, 6.07) is 1.84. The van der Waals surface area contributed by atoms with Gasteiger partial charge in [-0.3, -0.25) is 9.48 Å². The van der Waals surface area contributed by atoms with Gasteiger partial charge in [-0.25, -0.2) is 0 Å². The van der Waals surface area contributed by atoms with Gasteiger partial charge in [-0.15, -0.1) is 0 Å². The van der Waals surface area contributed by atoms with E-state index in [1.165, 1.54) is 0 Å². The van der Waals surface area contributed by atoms with Crippen LogP contribution in [0.2, 0.25) is 0 Å². The van der Waals surface area contributed by atoms with E-state index in [9.17, 15) is 4.79 Å². The third-order valence-corrected chi connectivity index (χ3v) is 3.58. The highest BCUT2D eigenvalue weighted by atomic mass is 16.3. The predicted molar refractivity (Wildman–Crippen MR) is 75.1 cm³/mol. The summed E-state index contributed by atoms with van der Waals surface area (Å²) in [6.07, 6.45) is 2.14. The Labute approximate surface area is 115 Å². The van der Waals surface area contributed by atoms with E-state index in [-0.39, 0.29) is 18.1 Å². The predicted octanol–water partition coefficient (Wildman–Crippen LogP) is 1.75. The number of hydrogen-bond acceptors (Lipinski definition) is 3. The third kappa shape index (κ3) is 3.80. The topological polar surface area (TPSA) is 67.2 Å². The maximum absolute atomic E-state index is 12.3. The van der Waals surface area contributed by atoms with Crippen molar-refractivity contribution in [3.63, 3.8) is 0 Å². The van der Waals surface area contributed by atoms with Gasteiger partial charge >= 0.3 is 0 Å². The molecule has 108 valence electrons. The second kappa shape index (κ2) is 6.70. The Morgan fingerprint density at radius 2 is 2.16 bits per heavy atom. The molecule has 0 radical (unpaired) electrons. The lowest BCUT2D eigenvalue weighted by molar-refractivity contribution is 0.0875. The monoisotopic (exact) mass is 267 g/mol. The van der Waals surface area contributed by atoms with Crippen molar-refractivity contribution in [1.29, 1.82) is 0 Å². The molecule has 19 heavy (non-hydrogen) atoms. The molecule has 0 aliphatic rings. The molecular formula is C14H25N3O2. The number of nitrogens with zero attached hydrogens (tertiary/aromatic N) is 2. The lowest BCUT2D eigenvalue weighted by Gasteiger charge is -2.29. The Hall–Kier alpha value is -1.36. The molecule has 0 spiro atoms. The van der Waals surface area contributed by atoms with E-state index in [0.29, 0.717) is 18.7 Å². The van der Waals surface area contributed by atoms with Crippen LogP contribution in [0.15, 0.2) is 6.07 Å². The van der Waals surface area contributed by atoms with Gasteiger partial charge in [-0.1, -0.05) is 13.8 Å². The lowest BCUT2D eigenvalue weighted by atomic mass is 9.94. The van der Waals surface area contributed by atoms with Crippen LogP contribution in [-0.2, 0) is 13.0 Å². The Morgan fingerprint density at radius 3 is 2.63 bits per heavy atom. The van der Waals surface area contributed by atoms with Gasteiger partial charge < -0.3 is 10.4 Å². The van der Waals surface area contributed by atoms with Gasteiger partial charge in [-0.05, 0) is 39.2 Å². The Morgan fingerprint density at radius 1 is 1.47 bits per heavy atom. The highest BCUT2D eigenvalue weighted by Crippen LogP contribution is 2.15. The number of nitrogens with one attached hydrogen (secondary N) is 1. The Balaban J connectivity index is 2.90. The van der Waals surface area contributed by atoms with Gasteiger partial charge in [-0.2, -0.15) is 5.10 Å². The SMILES string of the molecule is CCc1cc(C(=O)NC(C)(CC)CCO)n(CC)n1. The van der Waals surface area contributed by atoms with Crippen molar-refractivity contribution in [2.45, 2.75) is 59.0 Å². The summed E-state index contributed by atoms with van der Waals surface area (Å²) in [6.45, 7) is 8.68. The minimum absolute atomic E-state index is 0.0673. The van der Waals surface area contributed by atoms with Crippen LogP contribution in [0.3, 0.4) is 0 Å². The number of aromatic nitrogens is 2. The molecule has 2 N–H and O–H groups in total. The molecule has 1 heterocycles. The number of carbonyl (C=O) groups excluding carboxylic acids is 1. The van der Waals surface area contributed by atoms with Gasteiger partial charge in [0.1, 0.15) is 5.69 Å². The smallest absolute Gasteiger partial charge is 0.269 e. The van der Waals surface area contributed by atoms with Gasteiger partial charge in [0.2, 0.25) is 0 Å². The molecule has 0 bridgehead atoms. The fraction of sp³-hybridized carbons (Fsp3) is 0.714. The third-order valence-electron chi connectivity index (χ3n) is 3.58. The van der Waals surface area contributed by atoms with Crippen molar-refractivity contribution in [2.24, 2.45) is 0 Å². The summed E-state index contributed by atoms with van der Waals surface area (Å²) in [5, 5.41) is 16.5. The summed E-state index contributed by atoms with van der Waals surface area (Å²) in [7, 11) is 0. The zero-order valence-electron chi connectivity index (χ0n) is 12.4. The summed E-state index contributed by atoms with van der Waals surface area (Å²) in [5.41, 5.74) is 1.14. The van der Waals surface area contributed by atoms with Crippen LogP contribution in [0, 0.1) is 0 Å². The van der Waals surface area contributed by atoms with Gasteiger partial charge in [0.05, 0.1) is 5.69 Å². The van der Waals surface area contributed by atoms with Crippen LogP contribution >= 0.6 is 0 Å². The largest absolute Gasteiger partial charge is 0.396 e. The number of aryl methyl sites for hydroxylation is 2. The second-order valence-corrected chi connectivity index (χ2v) is 5.03. The highest BCUT2D eigenvalue weighted by Gasteiger charge is 2.26. The van der Waals surface area contributed by atoms with Crippen molar-refractivity contribution < 1.29 is 9.90 Å². The zero-order valence-corrected chi connectivity index (χ0v) is 12.4. The number of rotatable bonds is 7. The minimum atomic E-state index is -0.374. The van der Waals surface area contributed by atoms with E-state index < -0.39 is 0 Å². The van der Waals surface area contributed by atoms with Gasteiger partial charge in [0.15, 0.2) is 0 Å². The Bertz CT molecular complexity index is 428. The fourth-order valence-corrected chi connectivity index (χ4v) is 1.98. The fourth-order valence-electron chi connectivity index (χ4n) is 1.98. The van der Waals surface area contributed by atoms with Crippen molar-refractivity contribution in [2.75, 3.05) is 6.61 Å². The van der Waals surface area contributed by atoms with Gasteiger partial charge in [0.25, 0.3) is 5.91 Å². The Kier molecular flexibility index (Phi) is 5.54. The summed E-state index contributed by atoms with van der Waals surface area (Å²) < 4.78 is 1.73. The van der Waals surface area contributed by atoms with Crippen LogP contribution in [0.25, 0.3) is 0 Å².